The molecule has 0 spiro atoms. The van der Waals surface area contributed by atoms with Gasteiger partial charge >= 0.3 is 0 Å². The molecule has 3 nitrogen and oxygen atoms in total. The van der Waals surface area contributed by atoms with Gasteiger partial charge in [-0.1, -0.05) is 29.8 Å². The first kappa shape index (κ1) is 11.7. The van der Waals surface area contributed by atoms with Crippen LogP contribution in [0, 0.1) is 6.92 Å². The summed E-state index contributed by atoms with van der Waals surface area (Å²) in [5, 5.41) is 5.77. The topological polar surface area (TPSA) is 41.1 Å². The van der Waals surface area contributed by atoms with Crippen molar-refractivity contribution >= 4 is 5.91 Å². The number of likely N-dealkylation sites (N-methyl/N-ethyl adjacent to an activating group) is 1. The van der Waals surface area contributed by atoms with Crippen LogP contribution in [0.15, 0.2) is 24.3 Å². The van der Waals surface area contributed by atoms with Gasteiger partial charge in [0.2, 0.25) is 5.91 Å². The van der Waals surface area contributed by atoms with Gasteiger partial charge in [0.1, 0.15) is 0 Å². The predicted octanol–water partition coefficient (Wildman–Crippen LogP) is 1.22. The van der Waals surface area contributed by atoms with Crippen LogP contribution in [-0.4, -0.2) is 19.0 Å². The Kier molecular flexibility index (Phi) is 4.31. The molecule has 0 radical (unpaired) electrons. The third kappa shape index (κ3) is 3.72. The zero-order valence-corrected chi connectivity index (χ0v) is 9.50. The van der Waals surface area contributed by atoms with E-state index in [-0.39, 0.29) is 11.9 Å². The second-order valence-corrected chi connectivity index (χ2v) is 3.71. The Balaban J connectivity index is 2.43. The van der Waals surface area contributed by atoms with Crippen molar-refractivity contribution in [2.75, 3.05) is 7.05 Å². The van der Waals surface area contributed by atoms with Crippen LogP contribution >= 0.6 is 0 Å². The maximum Gasteiger partial charge on any atom is 0.237 e. The molecule has 0 aromatic heterocycles. The lowest BCUT2D eigenvalue weighted by molar-refractivity contribution is -0.122. The zero-order valence-electron chi connectivity index (χ0n) is 9.50. The smallest absolute Gasteiger partial charge is 0.237 e. The molecule has 1 amide bonds. The number of nitrogens with one attached hydrogen (secondary N) is 2. The maximum absolute atomic E-state index is 11.4. The van der Waals surface area contributed by atoms with Gasteiger partial charge in [-0.05, 0) is 26.5 Å². The summed E-state index contributed by atoms with van der Waals surface area (Å²) in [6.45, 7) is 4.47. The lowest BCUT2D eigenvalue weighted by Crippen LogP contribution is -2.39. The van der Waals surface area contributed by atoms with Gasteiger partial charge in [0.25, 0.3) is 0 Å². The van der Waals surface area contributed by atoms with E-state index in [9.17, 15) is 4.79 Å². The van der Waals surface area contributed by atoms with Crippen LogP contribution in [0.3, 0.4) is 0 Å². The van der Waals surface area contributed by atoms with Gasteiger partial charge in [0.05, 0.1) is 6.04 Å². The van der Waals surface area contributed by atoms with Gasteiger partial charge in [-0.2, -0.15) is 0 Å². The van der Waals surface area contributed by atoms with Gasteiger partial charge in [0.15, 0.2) is 0 Å². The number of rotatable bonds is 4. The van der Waals surface area contributed by atoms with Crippen LogP contribution < -0.4 is 10.6 Å². The van der Waals surface area contributed by atoms with Crippen molar-refractivity contribution in [2.24, 2.45) is 0 Å². The minimum absolute atomic E-state index is 0.0260. The average molecular weight is 206 g/mol. The molecule has 0 fully saturated rings. The van der Waals surface area contributed by atoms with Crippen LogP contribution in [0.25, 0.3) is 0 Å². The molecule has 1 rings (SSSR count). The molecule has 2 N–H and O–H groups in total. The number of aryl methyl sites for hydroxylation is 1. The molecular weight excluding hydrogens is 188 g/mol. The fourth-order valence-electron chi connectivity index (χ4n) is 1.18. The molecule has 15 heavy (non-hydrogen) atoms. The Bertz CT molecular complexity index is 319. The lowest BCUT2D eigenvalue weighted by atomic mass is 10.1. The third-order valence-corrected chi connectivity index (χ3v) is 2.41. The standard InChI is InChI=1S/C12H18N2O/c1-9-4-6-11(7-5-9)8-14-12(15)10(2)13-3/h4-7,10,13H,8H2,1-3H3,(H,14,15)/t10-/m1/s1. The highest BCUT2D eigenvalue weighted by molar-refractivity contribution is 5.81. The number of hydrogen-bond donors (Lipinski definition) is 2. The second-order valence-electron chi connectivity index (χ2n) is 3.71. The Hall–Kier alpha value is -1.35. The van der Waals surface area contributed by atoms with Gasteiger partial charge in [0, 0.05) is 6.54 Å². The van der Waals surface area contributed by atoms with E-state index in [1.807, 2.05) is 38.1 Å². The van der Waals surface area contributed by atoms with Crippen LogP contribution in [0.2, 0.25) is 0 Å². The number of amides is 1. The fourth-order valence-corrected chi connectivity index (χ4v) is 1.18. The molecule has 0 aliphatic rings. The molecule has 3 heteroatoms. The highest BCUT2D eigenvalue weighted by Crippen LogP contribution is 2.02. The molecule has 1 aromatic carbocycles. The molecule has 0 aliphatic heterocycles. The van der Waals surface area contributed by atoms with Crippen molar-refractivity contribution in [3.63, 3.8) is 0 Å². The molecule has 1 atom stereocenters. The number of carbonyl (C=O) groups excluding carboxylic acids is 1. The molecule has 0 saturated heterocycles. The van der Waals surface area contributed by atoms with Crippen molar-refractivity contribution in [3.05, 3.63) is 35.4 Å². The summed E-state index contributed by atoms with van der Waals surface area (Å²) in [6.07, 6.45) is 0. The van der Waals surface area contributed by atoms with Gasteiger partial charge < -0.3 is 10.6 Å². The molecule has 0 aliphatic carbocycles. The molecule has 0 heterocycles. The molecule has 1 aromatic rings. The minimum Gasteiger partial charge on any atom is -0.351 e. The Morgan fingerprint density at radius 1 is 1.33 bits per heavy atom. The summed E-state index contributed by atoms with van der Waals surface area (Å²) in [4.78, 5) is 11.4. The normalized spacial score (nSPS) is 12.2. The zero-order chi connectivity index (χ0) is 11.3. The van der Waals surface area contributed by atoms with Crippen LogP contribution in [0.4, 0.5) is 0 Å². The molecular formula is C12H18N2O. The van der Waals surface area contributed by atoms with Crippen LogP contribution in [0.5, 0.6) is 0 Å². The maximum atomic E-state index is 11.4. The summed E-state index contributed by atoms with van der Waals surface area (Å²) in [7, 11) is 1.77. The first-order valence-corrected chi connectivity index (χ1v) is 5.14. The summed E-state index contributed by atoms with van der Waals surface area (Å²) >= 11 is 0. The summed E-state index contributed by atoms with van der Waals surface area (Å²) in [5.74, 6) is 0.0260. The summed E-state index contributed by atoms with van der Waals surface area (Å²) < 4.78 is 0. The Labute approximate surface area is 90.9 Å². The monoisotopic (exact) mass is 206 g/mol. The quantitative estimate of drug-likeness (QED) is 0.777. The average Bonchev–Trinajstić information content (AvgIpc) is 2.26. The van der Waals surface area contributed by atoms with Crippen molar-refractivity contribution in [2.45, 2.75) is 26.4 Å². The SMILES string of the molecule is CN[C@H](C)C(=O)NCc1ccc(C)cc1. The van der Waals surface area contributed by atoms with E-state index < -0.39 is 0 Å². The van der Waals surface area contributed by atoms with Gasteiger partial charge in [-0.25, -0.2) is 0 Å². The molecule has 0 bridgehead atoms. The van der Waals surface area contributed by atoms with Crippen LogP contribution in [-0.2, 0) is 11.3 Å². The summed E-state index contributed by atoms with van der Waals surface area (Å²) in [5.41, 5.74) is 2.35. The Morgan fingerprint density at radius 2 is 1.93 bits per heavy atom. The van der Waals surface area contributed by atoms with Gasteiger partial charge in [-0.15, -0.1) is 0 Å². The van der Waals surface area contributed by atoms with Crippen molar-refractivity contribution < 1.29 is 4.79 Å². The van der Waals surface area contributed by atoms with Crippen molar-refractivity contribution in [1.29, 1.82) is 0 Å². The van der Waals surface area contributed by atoms with E-state index in [1.165, 1.54) is 5.56 Å². The van der Waals surface area contributed by atoms with Crippen LogP contribution in [0.1, 0.15) is 18.1 Å². The largest absolute Gasteiger partial charge is 0.351 e. The highest BCUT2D eigenvalue weighted by atomic mass is 16.2. The second kappa shape index (κ2) is 5.51. The van der Waals surface area contributed by atoms with E-state index in [0.29, 0.717) is 6.54 Å². The van der Waals surface area contributed by atoms with E-state index >= 15 is 0 Å². The van der Waals surface area contributed by atoms with E-state index in [1.54, 1.807) is 7.05 Å². The number of carbonyl (C=O) groups is 1. The van der Waals surface area contributed by atoms with E-state index in [0.717, 1.165) is 5.56 Å². The lowest BCUT2D eigenvalue weighted by Gasteiger charge is -2.10. The Morgan fingerprint density at radius 3 is 2.47 bits per heavy atom. The van der Waals surface area contributed by atoms with E-state index in [4.69, 9.17) is 0 Å². The summed E-state index contributed by atoms with van der Waals surface area (Å²) in [6, 6.07) is 8.00. The number of hydrogen-bond acceptors (Lipinski definition) is 2. The van der Waals surface area contributed by atoms with Crippen molar-refractivity contribution in [1.82, 2.24) is 10.6 Å². The minimum atomic E-state index is -0.143. The number of benzene rings is 1. The first-order chi connectivity index (χ1) is 7.13. The molecule has 82 valence electrons. The first-order valence-electron chi connectivity index (χ1n) is 5.14. The van der Waals surface area contributed by atoms with Gasteiger partial charge in [-0.3, -0.25) is 4.79 Å². The fraction of sp³-hybridized carbons (Fsp3) is 0.417. The molecule has 0 unspecified atom stereocenters. The predicted molar refractivity (Wildman–Crippen MR) is 61.5 cm³/mol. The molecule has 0 saturated carbocycles. The van der Waals surface area contributed by atoms with E-state index in [2.05, 4.69) is 10.6 Å². The van der Waals surface area contributed by atoms with Crippen molar-refractivity contribution in [3.8, 4) is 0 Å². The third-order valence-electron chi connectivity index (χ3n) is 2.41. The highest BCUT2D eigenvalue weighted by Gasteiger charge is 2.08.